The van der Waals surface area contributed by atoms with E-state index in [4.69, 9.17) is 0 Å². The fourth-order valence-electron chi connectivity index (χ4n) is 2.53. The molecule has 1 aromatic carbocycles. The fraction of sp³-hybridized carbons (Fsp3) is 0.625. The Morgan fingerprint density at radius 1 is 0.771 bits per heavy atom. The summed E-state index contributed by atoms with van der Waals surface area (Å²) in [7, 11) is -5.38. The van der Waals surface area contributed by atoms with Gasteiger partial charge in [0, 0.05) is 5.56 Å². The Morgan fingerprint density at radius 3 is 1.51 bits per heavy atom. The van der Waals surface area contributed by atoms with E-state index < -0.39 is 63.4 Å². The van der Waals surface area contributed by atoms with Crippen LogP contribution in [0.3, 0.4) is 0 Å². The summed E-state index contributed by atoms with van der Waals surface area (Å²) in [6.07, 6.45) is -9.36. The van der Waals surface area contributed by atoms with Crippen LogP contribution in [-0.4, -0.2) is 42.8 Å². The molecule has 0 N–H and O–H groups in total. The van der Waals surface area contributed by atoms with E-state index in [0.717, 1.165) is 0 Å². The van der Waals surface area contributed by atoms with Gasteiger partial charge < -0.3 is 4.55 Å². The largest absolute Gasteiger partial charge is 1.00 e. The molecule has 198 valence electrons. The molecule has 0 aliphatic heterocycles. The van der Waals surface area contributed by atoms with Crippen LogP contribution in [0.1, 0.15) is 37.0 Å². The molecule has 0 aromatic heterocycles. The molecule has 0 aliphatic rings. The zero-order valence-electron chi connectivity index (χ0n) is 17.3. The molecule has 0 aliphatic carbocycles. The molecule has 1 aromatic rings. The van der Waals surface area contributed by atoms with Gasteiger partial charge in [-0.15, -0.1) is 0 Å². The molecule has 35 heavy (non-hydrogen) atoms. The molecule has 0 saturated carbocycles. The summed E-state index contributed by atoms with van der Waals surface area (Å²) in [5.41, 5.74) is -2.71. The van der Waals surface area contributed by atoms with Crippen molar-refractivity contribution in [3.05, 3.63) is 35.4 Å². The van der Waals surface area contributed by atoms with Crippen molar-refractivity contribution in [3.8, 4) is 0 Å². The third kappa shape index (κ3) is 6.19. The summed E-state index contributed by atoms with van der Waals surface area (Å²) in [6.45, 7) is 1.43. The van der Waals surface area contributed by atoms with Crippen LogP contribution in [0.4, 0.5) is 57.1 Å². The van der Waals surface area contributed by atoms with Crippen LogP contribution < -0.4 is 29.6 Å². The van der Waals surface area contributed by atoms with Crippen molar-refractivity contribution in [2.24, 2.45) is 0 Å². The van der Waals surface area contributed by atoms with Crippen LogP contribution in [0.2, 0.25) is 0 Å². The van der Waals surface area contributed by atoms with E-state index in [0.29, 0.717) is 12.1 Å². The second kappa shape index (κ2) is 10.5. The van der Waals surface area contributed by atoms with Gasteiger partial charge in [0.15, 0.2) is 0 Å². The maximum absolute atomic E-state index is 14.1. The average Bonchev–Trinajstić information content (AvgIpc) is 2.65. The number of hydrogen-bond donors (Lipinski definition) is 0. The van der Waals surface area contributed by atoms with Crippen molar-refractivity contribution in [1.29, 1.82) is 0 Å². The third-order valence-corrected chi connectivity index (χ3v) is 4.83. The SMILES string of the molecule is CCCC(OS(=O)(=O)[O-])c1ccc(C(F)(F)C(F)(F)C(F)(F)C(F)(F)C(F)(F)C(F)(F)F)cc1.[Na+]. The maximum atomic E-state index is 14.1. The van der Waals surface area contributed by atoms with Gasteiger partial charge in [0.25, 0.3) is 0 Å². The summed E-state index contributed by atoms with van der Waals surface area (Å²) in [4.78, 5) is 0. The number of rotatable bonds is 10. The van der Waals surface area contributed by atoms with Gasteiger partial charge in [-0.05, 0) is 12.0 Å². The van der Waals surface area contributed by atoms with Crippen LogP contribution in [0.15, 0.2) is 24.3 Å². The molecule has 1 unspecified atom stereocenters. The van der Waals surface area contributed by atoms with E-state index in [9.17, 15) is 70.0 Å². The fourth-order valence-corrected chi connectivity index (χ4v) is 3.02. The number of alkyl halides is 13. The normalized spacial score (nSPS) is 15.5. The number of halogens is 13. The van der Waals surface area contributed by atoms with Crippen molar-refractivity contribution in [3.63, 3.8) is 0 Å². The smallest absolute Gasteiger partial charge is 0.726 e. The Bertz CT molecular complexity index is 963. The molecule has 0 fully saturated rings. The van der Waals surface area contributed by atoms with Crippen LogP contribution in [0, 0.1) is 0 Å². The van der Waals surface area contributed by atoms with E-state index in [1.54, 1.807) is 0 Å². The van der Waals surface area contributed by atoms with Crippen molar-refractivity contribution < 1.29 is 104 Å². The summed E-state index contributed by atoms with van der Waals surface area (Å²) in [5.74, 6) is -37.7. The second-order valence-corrected chi connectivity index (χ2v) is 7.78. The molecule has 0 saturated heterocycles. The van der Waals surface area contributed by atoms with E-state index in [2.05, 4.69) is 4.18 Å². The van der Waals surface area contributed by atoms with Gasteiger partial charge in [-0.1, -0.05) is 37.6 Å². The summed E-state index contributed by atoms with van der Waals surface area (Å²) >= 11 is 0. The Labute approximate surface area is 211 Å². The van der Waals surface area contributed by atoms with E-state index in [1.165, 1.54) is 6.92 Å². The van der Waals surface area contributed by atoms with Gasteiger partial charge in [0.05, 0.1) is 0 Å². The van der Waals surface area contributed by atoms with Crippen molar-refractivity contribution in [1.82, 2.24) is 0 Å². The van der Waals surface area contributed by atoms with Crippen molar-refractivity contribution in [2.75, 3.05) is 0 Å². The van der Waals surface area contributed by atoms with E-state index in [-0.39, 0.29) is 54.5 Å². The minimum Gasteiger partial charge on any atom is -0.726 e. The molecule has 0 spiro atoms. The first kappa shape index (κ1) is 34.2. The Balaban J connectivity index is 0.0000116. The third-order valence-electron chi connectivity index (χ3n) is 4.36. The van der Waals surface area contributed by atoms with E-state index >= 15 is 0 Å². The zero-order chi connectivity index (χ0) is 27.2. The predicted molar refractivity (Wildman–Crippen MR) is 84.6 cm³/mol. The molecule has 4 nitrogen and oxygen atoms in total. The van der Waals surface area contributed by atoms with Crippen LogP contribution in [-0.2, 0) is 20.5 Å². The van der Waals surface area contributed by atoms with Crippen molar-refractivity contribution in [2.45, 2.75) is 61.7 Å². The average molecular weight is 570 g/mol. The first-order chi connectivity index (χ1) is 14.9. The summed E-state index contributed by atoms with van der Waals surface area (Å²) < 4.78 is 208. The van der Waals surface area contributed by atoms with Gasteiger partial charge in [0.2, 0.25) is 10.4 Å². The topological polar surface area (TPSA) is 66.4 Å². The molecule has 1 atom stereocenters. The molecule has 1 rings (SSSR count). The van der Waals surface area contributed by atoms with Gasteiger partial charge >= 0.3 is 65.3 Å². The first-order valence-electron chi connectivity index (χ1n) is 8.58. The van der Waals surface area contributed by atoms with Crippen molar-refractivity contribution >= 4 is 10.4 Å². The Kier molecular flexibility index (Phi) is 10.3. The minimum absolute atomic E-state index is 0. The van der Waals surface area contributed by atoms with Gasteiger partial charge in [-0.25, -0.2) is 8.42 Å². The van der Waals surface area contributed by atoms with Gasteiger partial charge in [-0.2, -0.15) is 57.1 Å². The number of hydrogen-bond acceptors (Lipinski definition) is 4. The van der Waals surface area contributed by atoms with Crippen LogP contribution in [0.25, 0.3) is 0 Å². The summed E-state index contributed by atoms with van der Waals surface area (Å²) in [6, 6.07) is 0.377. The van der Waals surface area contributed by atoms with E-state index in [1.807, 2.05) is 0 Å². The zero-order valence-corrected chi connectivity index (χ0v) is 20.1. The molecule has 0 amide bonds. The monoisotopic (exact) mass is 570 g/mol. The quantitative estimate of drug-likeness (QED) is 0.188. The number of benzene rings is 1. The molecule has 0 radical (unpaired) electrons. The van der Waals surface area contributed by atoms with Crippen LogP contribution in [0.5, 0.6) is 0 Å². The molecular weight excluding hydrogens is 558 g/mol. The van der Waals surface area contributed by atoms with Crippen LogP contribution >= 0.6 is 0 Å². The predicted octanol–water partition coefficient (Wildman–Crippen LogP) is 3.20. The molecule has 0 heterocycles. The first-order valence-corrected chi connectivity index (χ1v) is 9.92. The minimum atomic E-state index is -8.02. The summed E-state index contributed by atoms with van der Waals surface area (Å²) in [5, 5.41) is 0. The Hall–Kier alpha value is -0.820. The molecule has 19 heteroatoms. The Morgan fingerprint density at radius 2 is 1.17 bits per heavy atom. The molecule has 0 bridgehead atoms. The standard InChI is InChI=1S/C16H13F13O4S.Na/c1-2-3-10(33-34(30,31)32)8-4-6-9(7-5-8)11(17,18)12(19,20)13(21,22)14(23,24)15(25,26)16(27,28)29;/h4-7,10H,2-3H2,1H3,(H,30,31,32);/q;+1/p-1. The second-order valence-electron chi connectivity index (χ2n) is 6.77. The molecular formula is C16H12F13NaO4S. The van der Waals surface area contributed by atoms with Gasteiger partial charge in [-0.3, -0.25) is 4.18 Å². The van der Waals surface area contributed by atoms with Gasteiger partial charge in [0.1, 0.15) is 6.10 Å². The maximum Gasteiger partial charge on any atom is 1.00 e.